The van der Waals surface area contributed by atoms with E-state index in [1.54, 1.807) is 6.07 Å². The van der Waals surface area contributed by atoms with Gasteiger partial charge in [-0.3, -0.25) is 0 Å². The van der Waals surface area contributed by atoms with Crippen molar-refractivity contribution in [2.45, 2.75) is 12.5 Å². The number of carboxylic acid groups (broad SMARTS) is 1. The van der Waals surface area contributed by atoms with Gasteiger partial charge in [0.1, 0.15) is 11.3 Å². The largest absolute Gasteiger partial charge is 0.507 e. The summed E-state index contributed by atoms with van der Waals surface area (Å²) in [4.78, 5) is 10.7. The first-order chi connectivity index (χ1) is 7.06. The first kappa shape index (κ1) is 11.5. The Hall–Kier alpha value is -1.59. The third-order valence-electron chi connectivity index (χ3n) is 2.16. The van der Waals surface area contributed by atoms with Crippen LogP contribution in [0.3, 0.4) is 0 Å². The van der Waals surface area contributed by atoms with Gasteiger partial charge in [-0.1, -0.05) is 6.07 Å². The van der Waals surface area contributed by atoms with Gasteiger partial charge in [0.2, 0.25) is 0 Å². The van der Waals surface area contributed by atoms with Gasteiger partial charge < -0.3 is 21.7 Å². The lowest BCUT2D eigenvalue weighted by atomic mass is 10.0. The maximum atomic E-state index is 10.7. The Balaban J connectivity index is 3.02. The smallest absolute Gasteiger partial charge is 0.339 e. The lowest BCUT2D eigenvalue weighted by Gasteiger charge is -2.11. The summed E-state index contributed by atoms with van der Waals surface area (Å²) < 4.78 is 0. The van der Waals surface area contributed by atoms with E-state index >= 15 is 0 Å². The standard InChI is InChI=1S/C10H14N2O3/c11-4-3-8(12)6-1-2-9(13)7(5-6)10(14)15/h1-2,5,8,13H,3-4,11-12H2,(H,14,15)/t8-/m0/s1. The molecule has 1 atom stereocenters. The van der Waals surface area contributed by atoms with E-state index in [0.29, 0.717) is 18.5 Å². The SMILES string of the molecule is NCC[C@H](N)c1ccc(O)c(C(=O)O)c1. The number of aromatic carboxylic acids is 1. The monoisotopic (exact) mass is 210 g/mol. The van der Waals surface area contributed by atoms with Crippen LogP contribution in [0.5, 0.6) is 5.75 Å². The van der Waals surface area contributed by atoms with E-state index in [0.717, 1.165) is 0 Å². The molecule has 0 aliphatic carbocycles. The van der Waals surface area contributed by atoms with Crippen molar-refractivity contribution >= 4 is 5.97 Å². The normalized spacial score (nSPS) is 12.4. The fourth-order valence-corrected chi connectivity index (χ4v) is 1.30. The Morgan fingerprint density at radius 3 is 2.67 bits per heavy atom. The van der Waals surface area contributed by atoms with Crippen molar-refractivity contribution in [3.63, 3.8) is 0 Å². The van der Waals surface area contributed by atoms with Gasteiger partial charge in [-0.15, -0.1) is 0 Å². The van der Waals surface area contributed by atoms with Gasteiger partial charge in [-0.05, 0) is 30.7 Å². The highest BCUT2D eigenvalue weighted by Gasteiger charge is 2.13. The van der Waals surface area contributed by atoms with Crippen molar-refractivity contribution in [1.82, 2.24) is 0 Å². The molecule has 15 heavy (non-hydrogen) atoms. The zero-order chi connectivity index (χ0) is 11.4. The van der Waals surface area contributed by atoms with Gasteiger partial charge >= 0.3 is 5.97 Å². The van der Waals surface area contributed by atoms with Gasteiger partial charge in [0.15, 0.2) is 0 Å². The van der Waals surface area contributed by atoms with E-state index in [9.17, 15) is 9.90 Å². The molecule has 0 aliphatic rings. The Labute approximate surface area is 87.3 Å². The van der Waals surface area contributed by atoms with Crippen LogP contribution < -0.4 is 11.5 Å². The summed E-state index contributed by atoms with van der Waals surface area (Å²) in [5.41, 5.74) is 11.6. The minimum Gasteiger partial charge on any atom is -0.507 e. The quantitative estimate of drug-likeness (QED) is 0.576. The predicted octanol–water partition coefficient (Wildman–Crippen LogP) is 0.439. The summed E-state index contributed by atoms with van der Waals surface area (Å²) in [5.74, 6) is -1.43. The minimum absolute atomic E-state index is 0.139. The highest BCUT2D eigenvalue weighted by Crippen LogP contribution is 2.22. The van der Waals surface area contributed by atoms with Gasteiger partial charge in [0.05, 0.1) is 0 Å². The van der Waals surface area contributed by atoms with Crippen molar-refractivity contribution < 1.29 is 15.0 Å². The van der Waals surface area contributed by atoms with E-state index in [1.807, 2.05) is 0 Å². The molecule has 5 heteroatoms. The summed E-state index contributed by atoms with van der Waals surface area (Å²) in [6.07, 6.45) is 0.573. The summed E-state index contributed by atoms with van der Waals surface area (Å²) in [5, 5.41) is 18.0. The molecule has 0 spiro atoms. The molecule has 1 aromatic carbocycles. The average Bonchev–Trinajstić information content (AvgIpc) is 2.18. The van der Waals surface area contributed by atoms with Crippen LogP contribution in [0.1, 0.15) is 28.4 Å². The lowest BCUT2D eigenvalue weighted by Crippen LogP contribution is -2.15. The number of hydrogen-bond donors (Lipinski definition) is 4. The number of nitrogens with two attached hydrogens (primary N) is 2. The average molecular weight is 210 g/mol. The van der Waals surface area contributed by atoms with Crippen LogP contribution in [-0.4, -0.2) is 22.7 Å². The van der Waals surface area contributed by atoms with E-state index in [-0.39, 0.29) is 17.4 Å². The second-order valence-corrected chi connectivity index (χ2v) is 3.27. The molecule has 0 fully saturated rings. The zero-order valence-electron chi connectivity index (χ0n) is 8.18. The van der Waals surface area contributed by atoms with Crippen LogP contribution in [0.25, 0.3) is 0 Å². The van der Waals surface area contributed by atoms with Crippen molar-refractivity contribution in [2.75, 3.05) is 6.54 Å². The lowest BCUT2D eigenvalue weighted by molar-refractivity contribution is 0.0693. The van der Waals surface area contributed by atoms with Crippen LogP contribution >= 0.6 is 0 Å². The van der Waals surface area contributed by atoms with Crippen molar-refractivity contribution in [1.29, 1.82) is 0 Å². The van der Waals surface area contributed by atoms with Crippen LogP contribution in [0.15, 0.2) is 18.2 Å². The Bertz CT molecular complexity index is 366. The Morgan fingerprint density at radius 2 is 2.13 bits per heavy atom. The van der Waals surface area contributed by atoms with Gasteiger partial charge in [0.25, 0.3) is 0 Å². The highest BCUT2D eigenvalue weighted by atomic mass is 16.4. The van der Waals surface area contributed by atoms with Crippen LogP contribution in [-0.2, 0) is 0 Å². The number of benzene rings is 1. The maximum Gasteiger partial charge on any atom is 0.339 e. The molecule has 6 N–H and O–H groups in total. The molecule has 1 aromatic rings. The minimum atomic E-state index is -1.17. The first-order valence-electron chi connectivity index (χ1n) is 4.58. The van der Waals surface area contributed by atoms with E-state index in [2.05, 4.69) is 0 Å². The fourth-order valence-electron chi connectivity index (χ4n) is 1.30. The van der Waals surface area contributed by atoms with Crippen LogP contribution in [0.4, 0.5) is 0 Å². The summed E-state index contributed by atoms with van der Waals surface area (Å²) in [7, 11) is 0. The third-order valence-corrected chi connectivity index (χ3v) is 2.16. The molecule has 0 aromatic heterocycles. The molecular formula is C10H14N2O3. The van der Waals surface area contributed by atoms with Gasteiger partial charge in [-0.25, -0.2) is 4.79 Å². The number of carbonyl (C=O) groups is 1. The van der Waals surface area contributed by atoms with Gasteiger partial charge in [0, 0.05) is 6.04 Å². The van der Waals surface area contributed by atoms with Crippen molar-refractivity contribution in [3.8, 4) is 5.75 Å². The second kappa shape index (κ2) is 4.77. The Morgan fingerprint density at radius 1 is 1.47 bits per heavy atom. The van der Waals surface area contributed by atoms with E-state index < -0.39 is 5.97 Å². The Kier molecular flexibility index (Phi) is 3.65. The van der Waals surface area contributed by atoms with Crippen molar-refractivity contribution in [2.24, 2.45) is 11.5 Å². The van der Waals surface area contributed by atoms with Crippen LogP contribution in [0, 0.1) is 0 Å². The first-order valence-corrected chi connectivity index (χ1v) is 4.58. The third kappa shape index (κ3) is 2.68. The van der Waals surface area contributed by atoms with E-state index in [1.165, 1.54) is 12.1 Å². The molecule has 0 amide bonds. The zero-order valence-corrected chi connectivity index (χ0v) is 8.18. The molecule has 0 radical (unpaired) electrons. The summed E-state index contributed by atoms with van der Waals surface area (Å²) >= 11 is 0. The van der Waals surface area contributed by atoms with Crippen LogP contribution in [0.2, 0.25) is 0 Å². The summed E-state index contributed by atoms with van der Waals surface area (Å²) in [6, 6.07) is 4.00. The summed E-state index contributed by atoms with van der Waals surface area (Å²) in [6.45, 7) is 0.435. The maximum absolute atomic E-state index is 10.7. The van der Waals surface area contributed by atoms with E-state index in [4.69, 9.17) is 16.6 Å². The molecule has 0 saturated heterocycles. The number of aromatic hydroxyl groups is 1. The van der Waals surface area contributed by atoms with Crippen molar-refractivity contribution in [3.05, 3.63) is 29.3 Å². The molecule has 5 nitrogen and oxygen atoms in total. The molecule has 82 valence electrons. The number of hydrogen-bond acceptors (Lipinski definition) is 4. The molecule has 0 bridgehead atoms. The molecule has 1 rings (SSSR count). The molecule has 0 unspecified atom stereocenters. The molecular weight excluding hydrogens is 196 g/mol. The second-order valence-electron chi connectivity index (χ2n) is 3.27. The highest BCUT2D eigenvalue weighted by molar-refractivity contribution is 5.90. The van der Waals surface area contributed by atoms with Gasteiger partial charge in [-0.2, -0.15) is 0 Å². The number of carboxylic acids is 1. The number of rotatable bonds is 4. The molecule has 0 saturated carbocycles. The fraction of sp³-hybridized carbons (Fsp3) is 0.300. The topological polar surface area (TPSA) is 110 Å². The molecule has 0 heterocycles. The number of phenols is 1. The molecule has 0 aliphatic heterocycles. The predicted molar refractivity (Wildman–Crippen MR) is 55.7 cm³/mol.